The molecule has 1 aliphatic rings. The Morgan fingerprint density at radius 1 is 1.15 bits per heavy atom. The topological polar surface area (TPSA) is 94.3 Å². The molecular weight excluding hydrogens is 344 g/mol. The zero-order chi connectivity index (χ0) is 18.1. The van der Waals surface area contributed by atoms with E-state index >= 15 is 0 Å². The van der Waals surface area contributed by atoms with E-state index in [2.05, 4.69) is 40.9 Å². The molecule has 5 N–H and O–H groups in total. The summed E-state index contributed by atoms with van der Waals surface area (Å²) in [5.41, 5.74) is 15.8. The Morgan fingerprint density at radius 2 is 1.88 bits per heavy atom. The van der Waals surface area contributed by atoms with E-state index in [1.165, 1.54) is 4.90 Å². The van der Waals surface area contributed by atoms with Gasteiger partial charge in [-0.1, -0.05) is 0 Å². The van der Waals surface area contributed by atoms with E-state index < -0.39 is 0 Å². The minimum Gasteiger partial charge on any atom is -0.382 e. The summed E-state index contributed by atoms with van der Waals surface area (Å²) in [6.07, 6.45) is 8.36. The maximum absolute atomic E-state index is 6.03. The summed E-state index contributed by atoms with van der Waals surface area (Å²) in [4.78, 5) is 6.10. The molecule has 0 spiro atoms. The first-order valence-corrected chi connectivity index (χ1v) is 10.2. The van der Waals surface area contributed by atoms with Crippen LogP contribution >= 0.6 is 11.8 Å². The van der Waals surface area contributed by atoms with Crippen LogP contribution in [-0.2, 0) is 0 Å². The zero-order valence-corrected chi connectivity index (χ0v) is 15.7. The van der Waals surface area contributed by atoms with Gasteiger partial charge < -0.3 is 16.8 Å². The van der Waals surface area contributed by atoms with Crippen LogP contribution in [-0.4, -0.2) is 26.9 Å². The highest BCUT2D eigenvalue weighted by atomic mass is 32.2. The first-order valence-electron chi connectivity index (χ1n) is 8.95. The monoisotopic (exact) mass is 368 g/mol. The lowest BCUT2D eigenvalue weighted by Crippen LogP contribution is -2.25. The fraction of sp³-hybridized carbons (Fsp3) is 0.368. The van der Waals surface area contributed by atoms with Crippen molar-refractivity contribution < 1.29 is 0 Å². The fourth-order valence-electron chi connectivity index (χ4n) is 3.55. The molecule has 7 heteroatoms. The first-order chi connectivity index (χ1) is 12.6. The van der Waals surface area contributed by atoms with Gasteiger partial charge in [0.2, 0.25) is 0 Å². The van der Waals surface area contributed by atoms with Crippen LogP contribution in [0.1, 0.15) is 37.3 Å². The smallest absolute Gasteiger partial charge is 0.177 e. The van der Waals surface area contributed by atoms with Crippen molar-refractivity contribution in [1.29, 1.82) is 0 Å². The quantitative estimate of drug-likeness (QED) is 0.607. The Morgan fingerprint density at radius 3 is 2.58 bits per heavy atom. The second kappa shape index (κ2) is 7.17. The Kier molecular flexibility index (Phi) is 4.74. The molecule has 0 saturated heterocycles. The molecule has 2 heterocycles. The second-order valence-corrected chi connectivity index (χ2v) is 7.76. The average Bonchev–Trinajstić information content (AvgIpc) is 3.07. The van der Waals surface area contributed by atoms with Gasteiger partial charge in [0.25, 0.3) is 0 Å². The third-order valence-electron chi connectivity index (χ3n) is 5.02. The number of imidazole rings is 1. The number of nitrogen functional groups attached to an aromatic ring is 1. The van der Waals surface area contributed by atoms with E-state index in [4.69, 9.17) is 16.5 Å². The lowest BCUT2D eigenvalue weighted by atomic mass is 9.85. The molecule has 0 unspecified atom stereocenters. The molecule has 0 aliphatic heterocycles. The molecule has 26 heavy (non-hydrogen) atoms. The Labute approximate surface area is 157 Å². The molecule has 0 amide bonds. The molecule has 1 fully saturated rings. The molecule has 2 aromatic heterocycles. The standard InChI is InChI=1S/C19H24N6S/c1-26-15-8-6-14(7-9-15)22-16-10-18(21)24-25-11-17(23-19(16)25)12-2-4-13(20)5-3-12/h6-13,22H,2-5,20H2,1H3,(H2,21,24). The predicted molar refractivity (Wildman–Crippen MR) is 108 cm³/mol. The highest BCUT2D eigenvalue weighted by molar-refractivity contribution is 7.98. The highest BCUT2D eigenvalue weighted by Crippen LogP contribution is 2.33. The molecule has 4 rings (SSSR count). The molecule has 6 nitrogen and oxygen atoms in total. The van der Waals surface area contributed by atoms with Crippen LogP contribution in [0.25, 0.3) is 5.65 Å². The van der Waals surface area contributed by atoms with Crippen molar-refractivity contribution >= 4 is 34.6 Å². The summed E-state index contributed by atoms with van der Waals surface area (Å²) in [5.74, 6) is 0.918. The van der Waals surface area contributed by atoms with Crippen LogP contribution in [0.4, 0.5) is 17.2 Å². The molecule has 1 aromatic carbocycles. The number of anilines is 3. The fourth-order valence-corrected chi connectivity index (χ4v) is 3.96. The summed E-state index contributed by atoms with van der Waals surface area (Å²) in [6, 6.07) is 10.5. The van der Waals surface area contributed by atoms with Gasteiger partial charge in [-0.25, -0.2) is 9.50 Å². The van der Waals surface area contributed by atoms with Gasteiger partial charge in [0.05, 0.1) is 17.6 Å². The average molecular weight is 369 g/mol. The van der Waals surface area contributed by atoms with Crippen molar-refractivity contribution in [1.82, 2.24) is 14.6 Å². The maximum Gasteiger partial charge on any atom is 0.177 e. The van der Waals surface area contributed by atoms with Gasteiger partial charge >= 0.3 is 0 Å². The van der Waals surface area contributed by atoms with Crippen LogP contribution < -0.4 is 16.8 Å². The van der Waals surface area contributed by atoms with Crippen molar-refractivity contribution in [3.8, 4) is 0 Å². The molecule has 0 atom stereocenters. The predicted octanol–water partition coefficient (Wildman–Crippen LogP) is 3.76. The number of rotatable bonds is 4. The van der Waals surface area contributed by atoms with Gasteiger partial charge in [0, 0.05) is 28.6 Å². The molecule has 1 aliphatic carbocycles. The van der Waals surface area contributed by atoms with Crippen molar-refractivity contribution in [2.24, 2.45) is 5.73 Å². The number of benzene rings is 1. The third-order valence-corrected chi connectivity index (χ3v) is 5.77. The van der Waals surface area contributed by atoms with Gasteiger partial charge in [-0.15, -0.1) is 16.9 Å². The zero-order valence-electron chi connectivity index (χ0n) is 14.9. The number of fused-ring (bicyclic) bond motifs is 1. The number of nitrogens with one attached hydrogen (secondary N) is 1. The highest BCUT2D eigenvalue weighted by Gasteiger charge is 2.23. The number of hydrogen-bond donors (Lipinski definition) is 3. The van der Waals surface area contributed by atoms with Gasteiger partial charge in [-0.2, -0.15) is 0 Å². The van der Waals surface area contributed by atoms with Crippen molar-refractivity contribution in [2.45, 2.75) is 42.5 Å². The van der Waals surface area contributed by atoms with E-state index in [1.807, 2.05) is 12.3 Å². The van der Waals surface area contributed by atoms with Crippen molar-refractivity contribution in [3.63, 3.8) is 0 Å². The number of aromatic nitrogens is 3. The van der Waals surface area contributed by atoms with Crippen LogP contribution in [0.3, 0.4) is 0 Å². The van der Waals surface area contributed by atoms with Gasteiger partial charge in [-0.05, 0) is 56.2 Å². The summed E-state index contributed by atoms with van der Waals surface area (Å²) in [6.45, 7) is 0. The largest absolute Gasteiger partial charge is 0.382 e. The Balaban J connectivity index is 1.65. The molecule has 3 aromatic rings. The SMILES string of the molecule is CSc1ccc(Nc2cc(N)nn3cc(C4CCC(N)CC4)nc23)cc1. The Bertz CT molecular complexity index is 896. The molecule has 0 bridgehead atoms. The molecule has 1 saturated carbocycles. The second-order valence-electron chi connectivity index (χ2n) is 6.88. The summed E-state index contributed by atoms with van der Waals surface area (Å²) in [5, 5.41) is 7.83. The van der Waals surface area contributed by atoms with Crippen LogP contribution in [0.15, 0.2) is 41.4 Å². The lowest BCUT2D eigenvalue weighted by molar-refractivity contribution is 0.391. The number of hydrogen-bond acceptors (Lipinski definition) is 6. The Hall–Kier alpha value is -2.25. The van der Waals surface area contributed by atoms with E-state index in [1.54, 1.807) is 16.3 Å². The summed E-state index contributed by atoms with van der Waals surface area (Å²) in [7, 11) is 0. The van der Waals surface area contributed by atoms with Crippen LogP contribution in [0.2, 0.25) is 0 Å². The molecular formula is C19H24N6S. The van der Waals surface area contributed by atoms with Crippen LogP contribution in [0, 0.1) is 0 Å². The van der Waals surface area contributed by atoms with Crippen LogP contribution in [0.5, 0.6) is 0 Å². The van der Waals surface area contributed by atoms with E-state index in [9.17, 15) is 0 Å². The van der Waals surface area contributed by atoms with Gasteiger partial charge in [0.15, 0.2) is 5.65 Å². The van der Waals surface area contributed by atoms with Crippen molar-refractivity contribution in [3.05, 3.63) is 42.2 Å². The molecule has 136 valence electrons. The normalized spacial score (nSPS) is 20.4. The lowest BCUT2D eigenvalue weighted by Gasteiger charge is -2.24. The minimum absolute atomic E-state index is 0.332. The molecule has 0 radical (unpaired) electrons. The van der Waals surface area contributed by atoms with E-state index in [0.29, 0.717) is 17.8 Å². The summed E-state index contributed by atoms with van der Waals surface area (Å²) >= 11 is 1.72. The number of nitrogens with two attached hydrogens (primary N) is 2. The maximum atomic E-state index is 6.03. The van der Waals surface area contributed by atoms with Crippen molar-refractivity contribution in [2.75, 3.05) is 17.3 Å². The van der Waals surface area contributed by atoms with E-state index in [0.717, 1.165) is 48.4 Å². The van der Waals surface area contributed by atoms with E-state index in [-0.39, 0.29) is 0 Å². The number of thioether (sulfide) groups is 1. The minimum atomic E-state index is 0.332. The van der Waals surface area contributed by atoms with Gasteiger partial charge in [0.1, 0.15) is 5.82 Å². The number of nitrogens with zero attached hydrogens (tertiary/aromatic N) is 3. The summed E-state index contributed by atoms with van der Waals surface area (Å²) < 4.78 is 1.79. The third kappa shape index (κ3) is 3.50. The van der Waals surface area contributed by atoms with Gasteiger partial charge in [-0.3, -0.25) is 0 Å². The first kappa shape index (κ1) is 17.2.